The third-order valence-corrected chi connectivity index (χ3v) is 3.22. The lowest BCUT2D eigenvalue weighted by molar-refractivity contribution is -0.123. The first-order valence-electron chi connectivity index (χ1n) is 7.23. The van der Waals surface area contributed by atoms with E-state index in [1.165, 1.54) is 0 Å². The molecule has 1 saturated heterocycles. The van der Waals surface area contributed by atoms with Gasteiger partial charge in [-0.25, -0.2) is 0 Å². The molecule has 1 heterocycles. The zero-order valence-electron chi connectivity index (χ0n) is 12.1. The molecule has 1 unspecified atom stereocenters. The highest BCUT2D eigenvalue weighted by molar-refractivity contribution is 5.95. The number of carbonyl (C=O) groups excluding carboxylic acids is 2. The number of anilines is 1. The van der Waals surface area contributed by atoms with Crippen LogP contribution < -0.4 is 20.7 Å². The summed E-state index contributed by atoms with van der Waals surface area (Å²) in [5, 5.41) is 8.66. The van der Waals surface area contributed by atoms with Gasteiger partial charge in [-0.05, 0) is 38.4 Å². The molecular weight excluding hydrogens is 270 g/mol. The average molecular weight is 291 g/mol. The Morgan fingerprint density at radius 2 is 2.29 bits per heavy atom. The fourth-order valence-electron chi connectivity index (χ4n) is 2.20. The normalized spacial score (nSPS) is 17.3. The van der Waals surface area contributed by atoms with Crippen molar-refractivity contribution in [2.45, 2.75) is 25.8 Å². The van der Waals surface area contributed by atoms with E-state index in [0.717, 1.165) is 19.4 Å². The van der Waals surface area contributed by atoms with Gasteiger partial charge in [0.05, 0.1) is 6.04 Å². The van der Waals surface area contributed by atoms with Crippen LogP contribution in [0.3, 0.4) is 0 Å². The van der Waals surface area contributed by atoms with E-state index in [2.05, 4.69) is 16.0 Å². The standard InChI is InChI=1S/C15H21N3O3/c1-2-16-14(19)10-21-12-6-3-5-11(9-12)18-15(20)13-7-4-8-17-13/h3,5-6,9,13,17H,2,4,7-8,10H2,1H3,(H,16,19)(H,18,20). The number of nitrogens with one attached hydrogen (secondary N) is 3. The predicted molar refractivity (Wildman–Crippen MR) is 80.3 cm³/mol. The van der Waals surface area contributed by atoms with E-state index in [0.29, 0.717) is 18.0 Å². The highest BCUT2D eigenvalue weighted by Gasteiger charge is 2.21. The number of carbonyl (C=O) groups is 2. The van der Waals surface area contributed by atoms with Crippen LogP contribution in [0.25, 0.3) is 0 Å². The van der Waals surface area contributed by atoms with Crippen LogP contribution in [-0.4, -0.2) is 37.6 Å². The molecule has 0 saturated carbocycles. The van der Waals surface area contributed by atoms with E-state index < -0.39 is 0 Å². The summed E-state index contributed by atoms with van der Waals surface area (Å²) in [5.41, 5.74) is 0.669. The first kappa shape index (κ1) is 15.3. The number of amides is 2. The van der Waals surface area contributed by atoms with Gasteiger partial charge in [0, 0.05) is 18.3 Å². The third-order valence-electron chi connectivity index (χ3n) is 3.22. The van der Waals surface area contributed by atoms with E-state index in [1.54, 1.807) is 24.3 Å². The molecule has 1 aromatic rings. The molecule has 3 N–H and O–H groups in total. The molecule has 2 amide bonds. The van der Waals surface area contributed by atoms with Gasteiger partial charge in [-0.1, -0.05) is 6.07 Å². The lowest BCUT2D eigenvalue weighted by atomic mass is 10.2. The number of rotatable bonds is 6. The maximum absolute atomic E-state index is 12.0. The topological polar surface area (TPSA) is 79.5 Å². The monoisotopic (exact) mass is 291 g/mol. The van der Waals surface area contributed by atoms with Crippen LogP contribution in [-0.2, 0) is 9.59 Å². The molecule has 0 radical (unpaired) electrons. The van der Waals surface area contributed by atoms with Crippen molar-refractivity contribution < 1.29 is 14.3 Å². The van der Waals surface area contributed by atoms with E-state index in [4.69, 9.17) is 4.74 Å². The van der Waals surface area contributed by atoms with E-state index in [9.17, 15) is 9.59 Å². The van der Waals surface area contributed by atoms with Crippen LogP contribution in [0.2, 0.25) is 0 Å². The number of hydrogen-bond donors (Lipinski definition) is 3. The number of hydrogen-bond acceptors (Lipinski definition) is 4. The summed E-state index contributed by atoms with van der Waals surface area (Å²) in [4.78, 5) is 23.3. The second kappa shape index (κ2) is 7.64. The second-order valence-corrected chi connectivity index (χ2v) is 4.91. The summed E-state index contributed by atoms with van der Waals surface area (Å²) in [6.07, 6.45) is 1.88. The average Bonchev–Trinajstić information content (AvgIpc) is 3.00. The van der Waals surface area contributed by atoms with Crippen LogP contribution in [0.5, 0.6) is 5.75 Å². The lowest BCUT2D eigenvalue weighted by Gasteiger charge is -2.12. The van der Waals surface area contributed by atoms with Crippen molar-refractivity contribution >= 4 is 17.5 Å². The number of benzene rings is 1. The quantitative estimate of drug-likeness (QED) is 0.727. The summed E-state index contributed by atoms with van der Waals surface area (Å²) < 4.78 is 5.39. The minimum atomic E-state index is -0.165. The summed E-state index contributed by atoms with van der Waals surface area (Å²) >= 11 is 0. The first-order valence-corrected chi connectivity index (χ1v) is 7.23. The molecular formula is C15H21N3O3. The van der Waals surface area contributed by atoms with Gasteiger partial charge in [0.1, 0.15) is 5.75 Å². The Bertz CT molecular complexity index is 499. The largest absolute Gasteiger partial charge is 0.484 e. The van der Waals surface area contributed by atoms with Crippen molar-refractivity contribution in [3.8, 4) is 5.75 Å². The fraction of sp³-hybridized carbons (Fsp3) is 0.467. The van der Waals surface area contributed by atoms with Gasteiger partial charge in [-0.3, -0.25) is 9.59 Å². The maximum atomic E-state index is 12.0. The molecule has 21 heavy (non-hydrogen) atoms. The molecule has 1 aliphatic heterocycles. The van der Waals surface area contributed by atoms with Gasteiger partial charge in [0.15, 0.2) is 6.61 Å². The van der Waals surface area contributed by atoms with Gasteiger partial charge in [0.2, 0.25) is 5.91 Å². The van der Waals surface area contributed by atoms with Gasteiger partial charge >= 0.3 is 0 Å². The van der Waals surface area contributed by atoms with E-state index in [-0.39, 0.29) is 24.5 Å². The zero-order chi connectivity index (χ0) is 15.1. The van der Waals surface area contributed by atoms with Crippen LogP contribution in [0.4, 0.5) is 5.69 Å². The van der Waals surface area contributed by atoms with Crippen LogP contribution in [0.15, 0.2) is 24.3 Å². The highest BCUT2D eigenvalue weighted by Crippen LogP contribution is 2.18. The molecule has 6 nitrogen and oxygen atoms in total. The lowest BCUT2D eigenvalue weighted by Crippen LogP contribution is -2.35. The van der Waals surface area contributed by atoms with Gasteiger partial charge < -0.3 is 20.7 Å². The van der Waals surface area contributed by atoms with Crippen molar-refractivity contribution in [2.24, 2.45) is 0 Å². The fourth-order valence-corrected chi connectivity index (χ4v) is 2.20. The molecule has 114 valence electrons. The molecule has 2 rings (SSSR count). The molecule has 6 heteroatoms. The Labute approximate surface area is 124 Å². The summed E-state index contributed by atoms with van der Waals surface area (Å²) in [5.74, 6) is 0.355. The molecule has 1 aromatic carbocycles. The maximum Gasteiger partial charge on any atom is 0.257 e. The van der Waals surface area contributed by atoms with Crippen LogP contribution in [0, 0.1) is 0 Å². The number of ether oxygens (including phenoxy) is 1. The highest BCUT2D eigenvalue weighted by atomic mass is 16.5. The first-order chi connectivity index (χ1) is 10.2. The summed E-state index contributed by atoms with van der Waals surface area (Å²) in [6.45, 7) is 3.28. The van der Waals surface area contributed by atoms with Gasteiger partial charge in [-0.2, -0.15) is 0 Å². The van der Waals surface area contributed by atoms with E-state index in [1.807, 2.05) is 6.92 Å². The molecule has 1 fully saturated rings. The molecule has 0 aliphatic carbocycles. The van der Waals surface area contributed by atoms with Crippen molar-refractivity contribution in [2.75, 3.05) is 25.0 Å². The minimum Gasteiger partial charge on any atom is -0.484 e. The van der Waals surface area contributed by atoms with Gasteiger partial charge in [-0.15, -0.1) is 0 Å². The molecule has 0 bridgehead atoms. The molecule has 1 atom stereocenters. The second-order valence-electron chi connectivity index (χ2n) is 4.91. The minimum absolute atomic E-state index is 0.0323. The van der Waals surface area contributed by atoms with Crippen LogP contribution >= 0.6 is 0 Å². The Balaban J connectivity index is 1.88. The van der Waals surface area contributed by atoms with Crippen molar-refractivity contribution in [1.29, 1.82) is 0 Å². The summed E-state index contributed by atoms with van der Waals surface area (Å²) in [7, 11) is 0. The van der Waals surface area contributed by atoms with Crippen LogP contribution in [0.1, 0.15) is 19.8 Å². The van der Waals surface area contributed by atoms with Crippen molar-refractivity contribution in [3.63, 3.8) is 0 Å². The van der Waals surface area contributed by atoms with Gasteiger partial charge in [0.25, 0.3) is 5.91 Å². The summed E-state index contributed by atoms with van der Waals surface area (Å²) in [6, 6.07) is 6.93. The predicted octanol–water partition coefficient (Wildman–Crippen LogP) is 0.892. The Kier molecular flexibility index (Phi) is 5.57. The molecule has 0 spiro atoms. The third kappa shape index (κ3) is 4.75. The smallest absolute Gasteiger partial charge is 0.257 e. The molecule has 1 aliphatic rings. The Morgan fingerprint density at radius 3 is 3.00 bits per heavy atom. The zero-order valence-corrected chi connectivity index (χ0v) is 12.1. The van der Waals surface area contributed by atoms with Crippen molar-refractivity contribution in [1.82, 2.24) is 10.6 Å². The van der Waals surface area contributed by atoms with E-state index >= 15 is 0 Å². The molecule has 0 aromatic heterocycles. The Hall–Kier alpha value is -2.08. The SMILES string of the molecule is CCNC(=O)COc1cccc(NC(=O)C2CCCN2)c1. The number of likely N-dealkylation sites (N-methyl/N-ethyl adjacent to an activating group) is 1. The Morgan fingerprint density at radius 1 is 1.43 bits per heavy atom. The van der Waals surface area contributed by atoms with Crippen molar-refractivity contribution in [3.05, 3.63) is 24.3 Å².